The number of carboxylic acids is 1. The van der Waals surface area contributed by atoms with Crippen molar-refractivity contribution in [3.63, 3.8) is 0 Å². The summed E-state index contributed by atoms with van der Waals surface area (Å²) in [5, 5.41) is 15.8. The van der Waals surface area contributed by atoms with Gasteiger partial charge in [-0.3, -0.25) is 9.25 Å². The van der Waals surface area contributed by atoms with Crippen molar-refractivity contribution < 1.29 is 9.90 Å². The molecule has 2 aromatic carbocycles. The van der Waals surface area contributed by atoms with Crippen LogP contribution in [0.2, 0.25) is 0 Å². The van der Waals surface area contributed by atoms with Crippen molar-refractivity contribution in [2.45, 2.75) is 13.8 Å². The van der Waals surface area contributed by atoms with Crippen LogP contribution in [0.5, 0.6) is 0 Å². The summed E-state index contributed by atoms with van der Waals surface area (Å²) in [5.41, 5.74) is 11.4. The molecule has 172 valence electrons. The molecule has 0 spiro atoms. The van der Waals surface area contributed by atoms with Crippen molar-refractivity contribution in [2.24, 2.45) is 7.05 Å². The molecule has 3 aromatic heterocycles. The molecule has 5 aromatic rings. The van der Waals surface area contributed by atoms with E-state index in [0.29, 0.717) is 11.6 Å². The Hall–Kier alpha value is -4.73. The second-order valence-electron chi connectivity index (χ2n) is 7.63. The Morgan fingerprint density at radius 3 is 2.53 bits per heavy atom. The van der Waals surface area contributed by atoms with Gasteiger partial charge in [0.2, 0.25) is 5.95 Å². The zero-order valence-electron chi connectivity index (χ0n) is 19.0. The molecule has 0 aliphatic heterocycles. The third kappa shape index (κ3) is 4.70. The van der Waals surface area contributed by atoms with Crippen LogP contribution >= 0.6 is 0 Å². The Bertz CT molecular complexity index is 1460. The first kappa shape index (κ1) is 22.5. The number of anilines is 3. The van der Waals surface area contributed by atoms with E-state index < -0.39 is 5.97 Å². The normalized spacial score (nSPS) is 10.6. The lowest BCUT2D eigenvalue weighted by molar-refractivity contribution is 0.0685. The second-order valence-corrected chi connectivity index (χ2v) is 7.63. The smallest absolute Gasteiger partial charge is 0.354 e. The highest BCUT2D eigenvalue weighted by Gasteiger charge is 2.14. The van der Waals surface area contributed by atoms with E-state index in [-0.39, 0.29) is 5.69 Å². The van der Waals surface area contributed by atoms with Crippen LogP contribution in [0.1, 0.15) is 21.7 Å². The monoisotopic (exact) mass is 456 g/mol. The molecule has 10 nitrogen and oxygen atoms in total. The summed E-state index contributed by atoms with van der Waals surface area (Å²) in [7, 11) is 1.61. The number of para-hydroxylation sites is 2. The highest BCUT2D eigenvalue weighted by molar-refractivity contribution is 5.85. The van der Waals surface area contributed by atoms with Crippen LogP contribution in [-0.2, 0) is 7.05 Å². The van der Waals surface area contributed by atoms with Gasteiger partial charge in [-0.1, -0.05) is 18.2 Å². The van der Waals surface area contributed by atoms with Gasteiger partial charge < -0.3 is 16.2 Å². The van der Waals surface area contributed by atoms with Crippen LogP contribution in [-0.4, -0.2) is 40.4 Å². The number of carbonyl (C=O) groups is 1. The second kappa shape index (κ2) is 9.41. The number of nitrogens with zero attached hydrogens (tertiary/aromatic N) is 6. The van der Waals surface area contributed by atoms with Gasteiger partial charge in [-0.05, 0) is 55.8 Å². The van der Waals surface area contributed by atoms with E-state index in [4.69, 9.17) is 15.8 Å². The number of imidazole rings is 1. The summed E-state index contributed by atoms with van der Waals surface area (Å²) < 4.78 is 3.32. The molecular weight excluding hydrogens is 432 g/mol. The molecule has 4 N–H and O–H groups in total. The highest BCUT2D eigenvalue weighted by Crippen LogP contribution is 2.28. The third-order valence-electron chi connectivity index (χ3n) is 5.09. The number of benzene rings is 2. The third-order valence-corrected chi connectivity index (χ3v) is 5.09. The Kier molecular flexibility index (Phi) is 6.22. The van der Waals surface area contributed by atoms with Crippen LogP contribution in [0, 0.1) is 13.8 Å². The van der Waals surface area contributed by atoms with E-state index in [9.17, 15) is 4.79 Å². The van der Waals surface area contributed by atoms with Gasteiger partial charge in [-0.25, -0.2) is 19.7 Å². The molecule has 3 heterocycles. The molecule has 0 bridgehead atoms. The molecule has 0 saturated heterocycles. The lowest BCUT2D eigenvalue weighted by Crippen LogP contribution is -2.05. The number of nitrogens with two attached hydrogens (primary N) is 1. The first-order valence-electron chi connectivity index (χ1n) is 10.4. The quantitative estimate of drug-likeness (QED) is 0.347. The number of aryl methyl sites for hydroxylation is 3. The summed E-state index contributed by atoms with van der Waals surface area (Å²) in [4.78, 5) is 23.4. The maximum atomic E-state index is 10.4. The lowest BCUT2D eigenvalue weighted by Gasteiger charge is -2.12. The van der Waals surface area contributed by atoms with Crippen molar-refractivity contribution in [1.82, 2.24) is 29.3 Å². The average Bonchev–Trinajstić information content (AvgIpc) is 3.36. The van der Waals surface area contributed by atoms with Crippen molar-refractivity contribution in [2.75, 3.05) is 11.1 Å². The van der Waals surface area contributed by atoms with Gasteiger partial charge in [0.15, 0.2) is 0 Å². The fourth-order valence-corrected chi connectivity index (χ4v) is 3.46. The lowest BCUT2D eigenvalue weighted by atomic mass is 10.2. The number of aromatic nitrogens is 6. The van der Waals surface area contributed by atoms with E-state index >= 15 is 0 Å². The molecule has 0 atom stereocenters. The van der Waals surface area contributed by atoms with E-state index in [1.807, 2.05) is 60.0 Å². The van der Waals surface area contributed by atoms with Crippen molar-refractivity contribution in [1.29, 1.82) is 0 Å². The number of aromatic carboxylic acids is 1. The molecule has 0 radical (unpaired) electrons. The van der Waals surface area contributed by atoms with Gasteiger partial charge in [0, 0.05) is 24.6 Å². The minimum absolute atomic E-state index is 0.220. The first-order chi connectivity index (χ1) is 16.3. The Morgan fingerprint density at radius 2 is 1.88 bits per heavy atom. The summed E-state index contributed by atoms with van der Waals surface area (Å²) in [6.07, 6.45) is 3.24. The molecule has 0 unspecified atom stereocenters. The summed E-state index contributed by atoms with van der Waals surface area (Å²) in [6.45, 7) is 3.78. The van der Waals surface area contributed by atoms with E-state index in [2.05, 4.69) is 20.4 Å². The van der Waals surface area contributed by atoms with Crippen molar-refractivity contribution in [3.05, 3.63) is 84.1 Å². The number of rotatable bonds is 4. The van der Waals surface area contributed by atoms with Gasteiger partial charge in [0.05, 0.1) is 16.7 Å². The molecule has 0 saturated carbocycles. The largest absolute Gasteiger partial charge is 0.477 e. The van der Waals surface area contributed by atoms with Gasteiger partial charge in [0.25, 0.3) is 0 Å². The summed E-state index contributed by atoms with van der Waals surface area (Å²) in [6, 6.07) is 17.1. The molecule has 5 rings (SSSR count). The topological polar surface area (TPSA) is 137 Å². The SMILES string of the molecule is Cc1cc(C(=O)O)n(C)n1.Cc1ccc(N)cc1Nc1nc2ccccc2n1-c1ccncn1. The Balaban J connectivity index is 0.000000231. The molecule has 0 aliphatic carbocycles. The zero-order valence-corrected chi connectivity index (χ0v) is 19.0. The predicted molar refractivity (Wildman–Crippen MR) is 130 cm³/mol. The molecule has 34 heavy (non-hydrogen) atoms. The molecular formula is C24H24N8O2. The maximum Gasteiger partial charge on any atom is 0.354 e. The van der Waals surface area contributed by atoms with Crippen LogP contribution in [0.25, 0.3) is 16.9 Å². The predicted octanol–water partition coefficient (Wildman–Crippen LogP) is 3.88. The Labute approximate surface area is 195 Å². The molecule has 0 aliphatic rings. The standard InChI is InChI=1S/C18H16N6.C6H8N2O2/c1-12-6-7-13(19)10-15(12)23-18-22-14-4-2-3-5-16(14)24(18)17-8-9-20-11-21-17;1-4-3-5(6(9)10)8(2)7-4/h2-11H,19H2,1H3,(H,22,23);3H,1-2H3,(H,9,10). The van der Waals surface area contributed by atoms with Crippen LogP contribution in [0.4, 0.5) is 17.3 Å². The first-order valence-corrected chi connectivity index (χ1v) is 10.4. The number of carboxylic acid groups (broad SMARTS) is 1. The van der Waals surface area contributed by atoms with Crippen LogP contribution < -0.4 is 11.1 Å². The fraction of sp³-hybridized carbons (Fsp3) is 0.125. The van der Waals surface area contributed by atoms with E-state index in [1.54, 1.807) is 20.2 Å². The summed E-state index contributed by atoms with van der Waals surface area (Å²) >= 11 is 0. The number of hydrogen-bond acceptors (Lipinski definition) is 7. The summed E-state index contributed by atoms with van der Waals surface area (Å²) in [5.74, 6) is 0.495. The van der Waals surface area contributed by atoms with Crippen LogP contribution in [0.3, 0.4) is 0 Å². The molecule has 0 amide bonds. The Morgan fingerprint density at radius 1 is 1.09 bits per heavy atom. The fourth-order valence-electron chi connectivity index (χ4n) is 3.46. The molecule has 0 fully saturated rings. The molecule has 10 heteroatoms. The zero-order chi connectivity index (χ0) is 24.2. The highest BCUT2D eigenvalue weighted by atomic mass is 16.4. The maximum absolute atomic E-state index is 10.4. The minimum atomic E-state index is -0.942. The number of fused-ring (bicyclic) bond motifs is 1. The number of hydrogen-bond donors (Lipinski definition) is 3. The van der Waals surface area contributed by atoms with Gasteiger partial charge >= 0.3 is 5.97 Å². The average molecular weight is 457 g/mol. The van der Waals surface area contributed by atoms with Crippen molar-refractivity contribution in [3.8, 4) is 5.82 Å². The number of nitrogens with one attached hydrogen (secondary N) is 1. The van der Waals surface area contributed by atoms with Crippen LogP contribution in [0.15, 0.2) is 67.1 Å². The minimum Gasteiger partial charge on any atom is -0.477 e. The van der Waals surface area contributed by atoms with Gasteiger partial charge in [0.1, 0.15) is 17.8 Å². The van der Waals surface area contributed by atoms with Gasteiger partial charge in [-0.2, -0.15) is 5.10 Å². The van der Waals surface area contributed by atoms with E-state index in [0.717, 1.165) is 33.8 Å². The van der Waals surface area contributed by atoms with Crippen molar-refractivity contribution >= 4 is 34.3 Å². The van der Waals surface area contributed by atoms with E-state index in [1.165, 1.54) is 17.1 Å². The number of nitrogen functional groups attached to an aromatic ring is 1. The van der Waals surface area contributed by atoms with Gasteiger partial charge in [-0.15, -0.1) is 0 Å².